The normalized spacial score (nSPS) is 14.9. The van der Waals surface area contributed by atoms with E-state index in [1.165, 1.54) is 0 Å². The molecule has 0 saturated carbocycles. The van der Waals surface area contributed by atoms with Crippen LogP contribution in [0.15, 0.2) is 0 Å². The number of rotatable bonds is 5. The Hall–Kier alpha value is 0.440. The van der Waals surface area contributed by atoms with Crippen LogP contribution in [0.25, 0.3) is 0 Å². The van der Waals surface area contributed by atoms with Crippen molar-refractivity contribution < 1.29 is 13.6 Å². The molecule has 0 saturated heterocycles. The highest BCUT2D eigenvalue weighted by Crippen LogP contribution is 2.54. The molecule has 0 heterocycles. The average Bonchev–Trinajstić information content (AvgIpc) is 1.88. The van der Waals surface area contributed by atoms with Crippen LogP contribution >= 0.6 is 19.2 Å². The second-order valence-electron chi connectivity index (χ2n) is 1.95. The molecule has 0 aromatic carbocycles. The van der Waals surface area contributed by atoms with Gasteiger partial charge in [0.25, 0.3) is 0 Å². The molecule has 0 rings (SSSR count). The van der Waals surface area contributed by atoms with E-state index in [9.17, 15) is 4.57 Å². The molecule has 0 aromatic heterocycles. The molecule has 0 aliphatic carbocycles. The second kappa shape index (κ2) is 5.15. The first kappa shape index (κ1) is 11.4. The van der Waals surface area contributed by atoms with E-state index in [1.807, 2.05) is 0 Å². The van der Waals surface area contributed by atoms with Crippen LogP contribution < -0.4 is 0 Å². The first-order valence-corrected chi connectivity index (χ1v) is 5.64. The molecule has 5 heteroatoms. The third-order valence-corrected chi connectivity index (χ3v) is 3.88. The molecule has 0 amide bonds. The predicted octanol–water partition coefficient (Wildman–Crippen LogP) is 2.84. The monoisotopic (exact) mass is 200 g/mol. The summed E-state index contributed by atoms with van der Waals surface area (Å²) in [6.45, 7) is 5.83. The predicted molar refractivity (Wildman–Crippen MR) is 46.2 cm³/mol. The van der Waals surface area contributed by atoms with Gasteiger partial charge in [-0.1, -0.05) is 0 Å². The largest absolute Gasteiger partial charge is 0.348 e. The van der Waals surface area contributed by atoms with Gasteiger partial charge in [0.1, 0.15) is 5.12 Å². The van der Waals surface area contributed by atoms with Crippen molar-refractivity contribution in [3.8, 4) is 0 Å². The van der Waals surface area contributed by atoms with Gasteiger partial charge >= 0.3 is 7.60 Å². The summed E-state index contributed by atoms with van der Waals surface area (Å²) in [6.07, 6.45) is 0. The molecule has 3 nitrogen and oxygen atoms in total. The Kier molecular flexibility index (Phi) is 5.36. The van der Waals surface area contributed by atoms with Crippen LogP contribution in [0.2, 0.25) is 0 Å². The van der Waals surface area contributed by atoms with Crippen molar-refractivity contribution >= 4 is 19.2 Å². The van der Waals surface area contributed by atoms with Gasteiger partial charge in [0.2, 0.25) is 0 Å². The molecule has 0 spiro atoms. The van der Waals surface area contributed by atoms with Crippen molar-refractivity contribution in [1.29, 1.82) is 0 Å². The van der Waals surface area contributed by atoms with Gasteiger partial charge in [-0.25, -0.2) is 0 Å². The lowest BCUT2D eigenvalue weighted by molar-refractivity contribution is 0.219. The lowest BCUT2D eigenvalue weighted by Gasteiger charge is -2.18. The van der Waals surface area contributed by atoms with Crippen molar-refractivity contribution in [2.24, 2.45) is 0 Å². The number of hydrogen-bond donors (Lipinski definition) is 0. The van der Waals surface area contributed by atoms with Gasteiger partial charge in [0.15, 0.2) is 0 Å². The van der Waals surface area contributed by atoms with Crippen LogP contribution in [0, 0.1) is 0 Å². The summed E-state index contributed by atoms with van der Waals surface area (Å²) < 4.78 is 21.4. The molecule has 0 aliphatic rings. The average molecular weight is 201 g/mol. The van der Waals surface area contributed by atoms with E-state index in [1.54, 1.807) is 20.8 Å². The number of hydrogen-bond acceptors (Lipinski definition) is 3. The highest BCUT2D eigenvalue weighted by atomic mass is 35.5. The van der Waals surface area contributed by atoms with E-state index in [0.717, 1.165) is 0 Å². The third-order valence-electron chi connectivity index (χ3n) is 1.05. The molecule has 1 atom stereocenters. The summed E-state index contributed by atoms with van der Waals surface area (Å²) in [6, 6.07) is 0. The highest BCUT2D eigenvalue weighted by molar-refractivity contribution is 7.56. The SMILES string of the molecule is CCOP(=O)(OCC)C(C)Cl. The van der Waals surface area contributed by atoms with Gasteiger partial charge in [-0.2, -0.15) is 0 Å². The van der Waals surface area contributed by atoms with Crippen molar-refractivity contribution in [3.63, 3.8) is 0 Å². The fraction of sp³-hybridized carbons (Fsp3) is 1.00. The van der Waals surface area contributed by atoms with Crippen LogP contribution in [-0.4, -0.2) is 18.3 Å². The van der Waals surface area contributed by atoms with Gasteiger partial charge in [0.05, 0.1) is 13.2 Å². The maximum Gasteiger partial charge on any atom is 0.348 e. The van der Waals surface area contributed by atoms with Gasteiger partial charge in [-0.15, -0.1) is 11.6 Å². The highest BCUT2D eigenvalue weighted by Gasteiger charge is 2.29. The first-order chi connectivity index (χ1) is 5.06. The minimum Gasteiger partial charge on any atom is -0.308 e. The fourth-order valence-corrected chi connectivity index (χ4v) is 2.15. The minimum absolute atomic E-state index is 0.355. The Morgan fingerprint density at radius 3 is 1.91 bits per heavy atom. The Morgan fingerprint density at radius 1 is 1.36 bits per heavy atom. The van der Waals surface area contributed by atoms with Crippen molar-refractivity contribution in [1.82, 2.24) is 0 Å². The number of halogens is 1. The molecule has 0 bridgehead atoms. The van der Waals surface area contributed by atoms with Crippen LogP contribution in [-0.2, 0) is 13.6 Å². The zero-order chi connectivity index (χ0) is 8.91. The first-order valence-electron chi connectivity index (χ1n) is 3.59. The summed E-state index contributed by atoms with van der Waals surface area (Å²) >= 11 is 5.63. The summed E-state index contributed by atoms with van der Waals surface area (Å²) in [5.41, 5.74) is 0. The van der Waals surface area contributed by atoms with Crippen molar-refractivity contribution in [2.75, 3.05) is 13.2 Å². The molecule has 0 aromatic rings. The maximum atomic E-state index is 11.5. The minimum atomic E-state index is -3.03. The summed E-state index contributed by atoms with van der Waals surface area (Å²) in [5, 5.41) is -0.581. The standard InChI is InChI=1S/C6H14ClO3P/c1-4-9-11(8,6(3)7)10-5-2/h6H,4-5H2,1-3H3. The topological polar surface area (TPSA) is 35.5 Å². The zero-order valence-corrected chi connectivity index (χ0v) is 8.69. The molecule has 0 N–H and O–H groups in total. The molecular weight excluding hydrogens is 186 g/mol. The van der Waals surface area contributed by atoms with Crippen LogP contribution in [0.3, 0.4) is 0 Å². The van der Waals surface area contributed by atoms with Gasteiger partial charge in [-0.05, 0) is 20.8 Å². The van der Waals surface area contributed by atoms with Gasteiger partial charge in [0, 0.05) is 0 Å². The maximum absolute atomic E-state index is 11.5. The van der Waals surface area contributed by atoms with E-state index in [4.69, 9.17) is 20.6 Å². The molecule has 1 unspecified atom stereocenters. The smallest absolute Gasteiger partial charge is 0.308 e. The quantitative estimate of drug-likeness (QED) is 0.506. The van der Waals surface area contributed by atoms with E-state index in [-0.39, 0.29) is 0 Å². The van der Waals surface area contributed by atoms with E-state index in [0.29, 0.717) is 13.2 Å². The van der Waals surface area contributed by atoms with Gasteiger partial charge in [-0.3, -0.25) is 4.57 Å². The molecular formula is C6H14ClO3P. The van der Waals surface area contributed by atoms with E-state index in [2.05, 4.69) is 0 Å². The lowest BCUT2D eigenvalue weighted by atomic mass is 10.9. The zero-order valence-electron chi connectivity index (χ0n) is 7.04. The summed E-state index contributed by atoms with van der Waals surface area (Å²) in [5.74, 6) is 0. The Bertz CT molecular complexity index is 139. The van der Waals surface area contributed by atoms with Crippen molar-refractivity contribution in [2.45, 2.75) is 25.9 Å². The van der Waals surface area contributed by atoms with Crippen LogP contribution in [0.1, 0.15) is 20.8 Å². The number of alkyl halides is 1. The Labute approximate surface area is 72.6 Å². The molecule has 11 heavy (non-hydrogen) atoms. The molecule has 0 fully saturated rings. The summed E-state index contributed by atoms with van der Waals surface area (Å²) in [7, 11) is -3.03. The molecule has 0 aliphatic heterocycles. The Morgan fingerprint density at radius 2 is 1.73 bits per heavy atom. The second-order valence-corrected chi connectivity index (χ2v) is 5.28. The van der Waals surface area contributed by atoms with E-state index >= 15 is 0 Å². The third kappa shape index (κ3) is 3.57. The van der Waals surface area contributed by atoms with Crippen LogP contribution in [0.4, 0.5) is 0 Å². The molecule has 0 radical (unpaired) electrons. The van der Waals surface area contributed by atoms with Gasteiger partial charge < -0.3 is 9.05 Å². The van der Waals surface area contributed by atoms with Crippen molar-refractivity contribution in [3.05, 3.63) is 0 Å². The van der Waals surface area contributed by atoms with Crippen LogP contribution in [0.5, 0.6) is 0 Å². The Balaban J connectivity index is 4.14. The van der Waals surface area contributed by atoms with E-state index < -0.39 is 12.7 Å². The fourth-order valence-electron chi connectivity index (χ4n) is 0.603. The summed E-state index contributed by atoms with van der Waals surface area (Å²) in [4.78, 5) is 0. The molecule has 68 valence electrons. The lowest BCUT2D eigenvalue weighted by Crippen LogP contribution is -2.03.